The minimum Gasteiger partial charge on any atom is -0.393 e. The fourth-order valence-corrected chi connectivity index (χ4v) is 3.90. The largest absolute Gasteiger partial charge is 0.393 e. The van der Waals surface area contributed by atoms with Gasteiger partial charge in [0.15, 0.2) is 0 Å². The summed E-state index contributed by atoms with van der Waals surface area (Å²) in [5.41, 5.74) is 6.53. The molecular weight excluding hydrogens is 300 g/mol. The van der Waals surface area contributed by atoms with Crippen LogP contribution in [-0.2, 0) is 0 Å². The van der Waals surface area contributed by atoms with E-state index in [2.05, 4.69) is 13.0 Å². The van der Waals surface area contributed by atoms with Crippen molar-refractivity contribution < 1.29 is 4.79 Å². The number of hydrogen-bond donors (Lipinski definition) is 1. The summed E-state index contributed by atoms with van der Waals surface area (Å²) in [6, 6.07) is 8.05. The second-order valence-corrected chi connectivity index (χ2v) is 7.21. The molecule has 0 spiro atoms. The number of thiophene rings is 1. The standard InChI is InChI=1S/C16H18N2OS2/c1-16(15(17)20)6-8-18(9-7-16)14(19)12-10-21-13-5-3-2-4-11(12)13/h2-5,10H,6-9H2,1H3,(H2,17,20). The average molecular weight is 318 g/mol. The normalized spacial score (nSPS) is 17.9. The number of amides is 1. The molecule has 0 atom stereocenters. The predicted molar refractivity (Wildman–Crippen MR) is 91.9 cm³/mol. The summed E-state index contributed by atoms with van der Waals surface area (Å²) in [7, 11) is 0. The van der Waals surface area contributed by atoms with Crippen LogP contribution >= 0.6 is 23.6 Å². The molecule has 110 valence electrons. The van der Waals surface area contributed by atoms with E-state index in [4.69, 9.17) is 18.0 Å². The van der Waals surface area contributed by atoms with E-state index in [1.807, 2.05) is 28.5 Å². The molecule has 0 bridgehead atoms. The van der Waals surface area contributed by atoms with Crippen molar-refractivity contribution in [3.05, 3.63) is 35.2 Å². The van der Waals surface area contributed by atoms with Crippen LogP contribution in [0.1, 0.15) is 30.1 Å². The number of rotatable bonds is 2. The van der Waals surface area contributed by atoms with Crippen LogP contribution in [0.5, 0.6) is 0 Å². The lowest BCUT2D eigenvalue weighted by atomic mass is 9.80. The number of fused-ring (bicyclic) bond motifs is 1. The first kappa shape index (κ1) is 14.5. The molecule has 0 saturated carbocycles. The van der Waals surface area contributed by atoms with Gasteiger partial charge in [-0.25, -0.2) is 0 Å². The summed E-state index contributed by atoms with van der Waals surface area (Å²) in [4.78, 5) is 15.2. The smallest absolute Gasteiger partial charge is 0.255 e. The highest BCUT2D eigenvalue weighted by Crippen LogP contribution is 2.33. The third-order valence-corrected chi connectivity index (χ3v) is 5.92. The van der Waals surface area contributed by atoms with Crippen LogP contribution in [-0.4, -0.2) is 28.9 Å². The summed E-state index contributed by atoms with van der Waals surface area (Å²) >= 11 is 6.77. The van der Waals surface area contributed by atoms with Gasteiger partial charge in [-0.2, -0.15) is 0 Å². The highest BCUT2D eigenvalue weighted by atomic mass is 32.1. The van der Waals surface area contributed by atoms with Crippen molar-refractivity contribution in [2.45, 2.75) is 19.8 Å². The zero-order valence-electron chi connectivity index (χ0n) is 12.0. The highest BCUT2D eigenvalue weighted by Gasteiger charge is 2.34. The Kier molecular flexibility index (Phi) is 3.71. The van der Waals surface area contributed by atoms with Gasteiger partial charge >= 0.3 is 0 Å². The van der Waals surface area contributed by atoms with Gasteiger partial charge in [0.2, 0.25) is 0 Å². The summed E-state index contributed by atoms with van der Waals surface area (Å²) in [6.45, 7) is 3.53. The molecular formula is C16H18N2OS2. The van der Waals surface area contributed by atoms with E-state index in [1.165, 1.54) is 0 Å². The first-order valence-corrected chi connectivity index (χ1v) is 8.35. The van der Waals surface area contributed by atoms with Gasteiger partial charge in [0.1, 0.15) is 0 Å². The molecule has 3 rings (SSSR count). The molecule has 1 aliphatic rings. The van der Waals surface area contributed by atoms with E-state index in [0.29, 0.717) is 4.99 Å². The van der Waals surface area contributed by atoms with Gasteiger partial charge in [-0.15, -0.1) is 11.3 Å². The fraction of sp³-hybridized carbons (Fsp3) is 0.375. The number of carbonyl (C=O) groups is 1. The van der Waals surface area contributed by atoms with Crippen molar-refractivity contribution in [1.29, 1.82) is 0 Å². The summed E-state index contributed by atoms with van der Waals surface area (Å²) in [6.07, 6.45) is 1.69. The number of benzene rings is 1. The Morgan fingerprint density at radius 3 is 2.67 bits per heavy atom. The fourth-order valence-electron chi connectivity index (χ4n) is 2.76. The maximum atomic E-state index is 12.7. The maximum absolute atomic E-state index is 12.7. The second kappa shape index (κ2) is 5.39. The highest BCUT2D eigenvalue weighted by molar-refractivity contribution is 7.80. The van der Waals surface area contributed by atoms with Crippen molar-refractivity contribution in [3.63, 3.8) is 0 Å². The second-order valence-electron chi connectivity index (χ2n) is 5.86. The number of nitrogens with two attached hydrogens (primary N) is 1. The lowest BCUT2D eigenvalue weighted by Crippen LogP contribution is -2.46. The van der Waals surface area contributed by atoms with Crippen LogP contribution in [0.3, 0.4) is 0 Å². The predicted octanol–water partition coefficient (Wildman–Crippen LogP) is 3.43. The van der Waals surface area contributed by atoms with Crippen molar-refractivity contribution >= 4 is 44.5 Å². The van der Waals surface area contributed by atoms with Crippen LogP contribution < -0.4 is 5.73 Å². The Balaban J connectivity index is 1.80. The van der Waals surface area contributed by atoms with Crippen LogP contribution in [0, 0.1) is 5.41 Å². The first-order valence-electron chi connectivity index (χ1n) is 7.07. The Morgan fingerprint density at radius 2 is 2.00 bits per heavy atom. The molecule has 1 saturated heterocycles. The number of piperidine rings is 1. The van der Waals surface area contributed by atoms with Crippen molar-refractivity contribution in [2.75, 3.05) is 13.1 Å². The molecule has 0 unspecified atom stereocenters. The number of carbonyl (C=O) groups excluding carboxylic acids is 1. The topological polar surface area (TPSA) is 46.3 Å². The zero-order valence-corrected chi connectivity index (χ0v) is 13.6. The Hall–Kier alpha value is -1.46. The number of hydrogen-bond acceptors (Lipinski definition) is 3. The molecule has 21 heavy (non-hydrogen) atoms. The van der Waals surface area contributed by atoms with Gasteiger partial charge in [-0.05, 0) is 18.9 Å². The molecule has 0 radical (unpaired) electrons. The molecule has 2 aromatic rings. The Labute approximate surface area is 133 Å². The molecule has 5 heteroatoms. The lowest BCUT2D eigenvalue weighted by Gasteiger charge is -2.38. The van der Waals surface area contributed by atoms with Crippen molar-refractivity contribution in [1.82, 2.24) is 4.90 Å². The van der Waals surface area contributed by atoms with Gasteiger partial charge in [-0.3, -0.25) is 4.79 Å². The lowest BCUT2D eigenvalue weighted by molar-refractivity contribution is 0.0672. The van der Waals surface area contributed by atoms with Crippen molar-refractivity contribution in [2.24, 2.45) is 11.1 Å². The van der Waals surface area contributed by atoms with E-state index in [0.717, 1.165) is 41.6 Å². The average Bonchev–Trinajstić information content (AvgIpc) is 2.91. The van der Waals surface area contributed by atoms with Crippen molar-refractivity contribution in [3.8, 4) is 0 Å². The summed E-state index contributed by atoms with van der Waals surface area (Å²) < 4.78 is 1.16. The molecule has 1 amide bonds. The molecule has 2 N–H and O–H groups in total. The zero-order chi connectivity index (χ0) is 15.0. The summed E-state index contributed by atoms with van der Waals surface area (Å²) in [5.74, 6) is 0.123. The molecule has 3 nitrogen and oxygen atoms in total. The molecule has 1 fully saturated rings. The first-order chi connectivity index (χ1) is 10.0. The quantitative estimate of drug-likeness (QED) is 0.863. The van der Waals surface area contributed by atoms with Gasteiger partial charge in [-0.1, -0.05) is 37.3 Å². The third-order valence-electron chi connectivity index (χ3n) is 4.46. The Bertz CT molecular complexity index is 699. The monoisotopic (exact) mass is 318 g/mol. The molecule has 1 aromatic carbocycles. The summed E-state index contributed by atoms with van der Waals surface area (Å²) in [5, 5.41) is 3.02. The van der Waals surface area contributed by atoms with Gasteiger partial charge in [0.05, 0.1) is 10.6 Å². The molecule has 1 aromatic heterocycles. The number of thiocarbonyl (C=S) groups is 1. The van der Waals surface area contributed by atoms with E-state index >= 15 is 0 Å². The van der Waals surface area contributed by atoms with Gasteiger partial charge in [0.25, 0.3) is 5.91 Å². The third kappa shape index (κ3) is 2.56. The van der Waals surface area contributed by atoms with E-state index in [1.54, 1.807) is 11.3 Å². The van der Waals surface area contributed by atoms with Gasteiger partial charge < -0.3 is 10.6 Å². The van der Waals surface area contributed by atoms with Crippen LogP contribution in [0.2, 0.25) is 0 Å². The number of nitrogens with zero attached hydrogens (tertiary/aromatic N) is 1. The minimum atomic E-state index is -0.108. The molecule has 2 heterocycles. The van der Waals surface area contributed by atoms with E-state index < -0.39 is 0 Å². The van der Waals surface area contributed by atoms with Crippen LogP contribution in [0.15, 0.2) is 29.6 Å². The SMILES string of the molecule is CC1(C(N)=S)CCN(C(=O)c2csc3ccccc23)CC1. The van der Waals surface area contributed by atoms with Gasteiger partial charge in [0, 0.05) is 34.0 Å². The minimum absolute atomic E-state index is 0.108. The van der Waals surface area contributed by atoms with Crippen LogP contribution in [0.25, 0.3) is 10.1 Å². The molecule has 1 aliphatic heterocycles. The maximum Gasteiger partial charge on any atom is 0.255 e. The van der Waals surface area contributed by atoms with Crippen LogP contribution in [0.4, 0.5) is 0 Å². The van der Waals surface area contributed by atoms with E-state index in [-0.39, 0.29) is 11.3 Å². The van der Waals surface area contributed by atoms with E-state index in [9.17, 15) is 4.79 Å². The number of likely N-dealkylation sites (tertiary alicyclic amines) is 1. The Morgan fingerprint density at radius 1 is 1.33 bits per heavy atom. The molecule has 0 aliphatic carbocycles.